The van der Waals surface area contributed by atoms with Crippen LogP contribution in [0.25, 0.3) is 0 Å². The molecule has 0 unspecified atom stereocenters. The summed E-state index contributed by atoms with van der Waals surface area (Å²) in [5.74, 6) is 1.47. The number of terminal acetylenes is 1. The average molecular weight is 227 g/mol. The topological polar surface area (TPSA) is 29.1 Å². The van der Waals surface area contributed by atoms with Crippen LogP contribution in [0.15, 0.2) is 18.2 Å². The molecule has 16 heavy (non-hydrogen) atoms. The van der Waals surface area contributed by atoms with E-state index in [2.05, 4.69) is 11.2 Å². The first kappa shape index (κ1) is 12.1. The van der Waals surface area contributed by atoms with Crippen molar-refractivity contribution in [3.05, 3.63) is 34.9 Å². The lowest BCUT2D eigenvalue weighted by atomic mass is 10.1. The van der Waals surface area contributed by atoms with Crippen LogP contribution in [-0.4, -0.2) is 13.0 Å². The zero-order chi connectivity index (χ0) is 12.3. The molecule has 0 aliphatic rings. The first-order chi connectivity index (χ1) is 7.38. The van der Waals surface area contributed by atoms with E-state index >= 15 is 0 Å². The summed E-state index contributed by atoms with van der Waals surface area (Å²) in [6, 6.07) is 2.82. The van der Waals surface area contributed by atoms with Crippen molar-refractivity contribution in [3.8, 4) is 12.3 Å². The van der Waals surface area contributed by atoms with E-state index in [1.54, 1.807) is 0 Å². The molecule has 0 fully saturated rings. The highest BCUT2D eigenvalue weighted by molar-refractivity contribution is 5.94. The zero-order valence-corrected chi connectivity index (χ0v) is 8.35. The van der Waals surface area contributed by atoms with Crippen molar-refractivity contribution < 1.29 is 18.0 Å². The summed E-state index contributed by atoms with van der Waals surface area (Å²) in [6.07, 6.45) is 0.505. The molecule has 84 valence electrons. The van der Waals surface area contributed by atoms with E-state index in [-0.39, 0.29) is 11.1 Å². The molecular weight excluding hydrogens is 219 g/mol. The summed E-state index contributed by atoms with van der Waals surface area (Å²) in [6.45, 7) is 0. The second-order valence-corrected chi connectivity index (χ2v) is 3.02. The molecule has 0 aliphatic carbocycles. The molecule has 0 spiro atoms. The quantitative estimate of drug-likeness (QED) is 0.731. The van der Waals surface area contributed by atoms with Gasteiger partial charge in [-0.05, 0) is 18.2 Å². The Kier molecular flexibility index (Phi) is 3.23. The summed E-state index contributed by atoms with van der Waals surface area (Å²) in [5.41, 5.74) is -1.01. The molecule has 1 aromatic carbocycles. The number of nitrogens with one attached hydrogen (secondary N) is 1. The predicted molar refractivity (Wildman–Crippen MR) is 52.8 cm³/mol. The van der Waals surface area contributed by atoms with E-state index < -0.39 is 17.6 Å². The summed E-state index contributed by atoms with van der Waals surface area (Å²) in [5, 5.41) is 2.24. The summed E-state index contributed by atoms with van der Waals surface area (Å²) in [4.78, 5) is 11.2. The van der Waals surface area contributed by atoms with Gasteiger partial charge in [0.05, 0.1) is 5.56 Å². The number of carbonyl (C=O) groups is 1. The van der Waals surface area contributed by atoms with Gasteiger partial charge < -0.3 is 5.32 Å². The van der Waals surface area contributed by atoms with Crippen molar-refractivity contribution >= 4 is 5.91 Å². The zero-order valence-electron chi connectivity index (χ0n) is 8.35. The van der Waals surface area contributed by atoms with E-state index in [1.165, 1.54) is 13.1 Å². The molecule has 0 saturated carbocycles. The highest BCUT2D eigenvalue weighted by Gasteiger charge is 2.31. The normalized spacial score (nSPS) is 10.7. The first-order valence-electron chi connectivity index (χ1n) is 4.29. The van der Waals surface area contributed by atoms with Crippen LogP contribution in [0.5, 0.6) is 0 Å². The van der Waals surface area contributed by atoms with Crippen LogP contribution in [0.2, 0.25) is 0 Å². The van der Waals surface area contributed by atoms with Crippen LogP contribution >= 0.6 is 0 Å². The van der Waals surface area contributed by atoms with Crippen molar-refractivity contribution in [2.75, 3.05) is 7.05 Å². The lowest BCUT2D eigenvalue weighted by Gasteiger charge is -2.09. The fourth-order valence-corrected chi connectivity index (χ4v) is 1.15. The Morgan fingerprint density at radius 1 is 1.38 bits per heavy atom. The standard InChI is InChI=1S/C11H8F3NO/c1-3-7-4-8(10(16)15-2)6-9(5-7)11(12,13)14/h1,4-6H,2H3,(H,15,16). The van der Waals surface area contributed by atoms with Gasteiger partial charge in [-0.15, -0.1) is 6.42 Å². The van der Waals surface area contributed by atoms with Gasteiger partial charge in [0.1, 0.15) is 0 Å². The average Bonchev–Trinajstić information content (AvgIpc) is 2.26. The molecular formula is C11H8F3NO. The molecule has 0 saturated heterocycles. The van der Waals surface area contributed by atoms with Gasteiger partial charge in [-0.3, -0.25) is 4.79 Å². The van der Waals surface area contributed by atoms with Crippen LogP contribution < -0.4 is 5.32 Å². The SMILES string of the molecule is C#Cc1cc(C(=O)NC)cc(C(F)(F)F)c1. The van der Waals surface area contributed by atoms with Gasteiger partial charge in [-0.2, -0.15) is 13.2 Å². The van der Waals surface area contributed by atoms with E-state index in [0.29, 0.717) is 0 Å². The fourth-order valence-electron chi connectivity index (χ4n) is 1.15. The molecule has 2 nitrogen and oxygen atoms in total. The molecule has 1 rings (SSSR count). The van der Waals surface area contributed by atoms with Crippen molar-refractivity contribution in [1.29, 1.82) is 0 Å². The maximum absolute atomic E-state index is 12.5. The number of benzene rings is 1. The number of amides is 1. The second kappa shape index (κ2) is 4.27. The molecule has 0 aliphatic heterocycles. The third-order valence-electron chi connectivity index (χ3n) is 1.92. The largest absolute Gasteiger partial charge is 0.416 e. The molecule has 1 amide bonds. The van der Waals surface area contributed by atoms with Crippen molar-refractivity contribution in [2.45, 2.75) is 6.18 Å². The Morgan fingerprint density at radius 2 is 2.00 bits per heavy atom. The Labute approximate surface area is 90.5 Å². The van der Waals surface area contributed by atoms with Gasteiger partial charge >= 0.3 is 6.18 Å². The van der Waals surface area contributed by atoms with E-state index in [4.69, 9.17) is 6.42 Å². The Bertz CT molecular complexity index is 457. The predicted octanol–water partition coefficient (Wildman–Crippen LogP) is 2.05. The second-order valence-electron chi connectivity index (χ2n) is 3.02. The third kappa shape index (κ3) is 2.54. The summed E-state index contributed by atoms with van der Waals surface area (Å²) in [7, 11) is 1.33. The van der Waals surface area contributed by atoms with Crippen molar-refractivity contribution in [3.63, 3.8) is 0 Å². The smallest absolute Gasteiger partial charge is 0.355 e. The number of alkyl halides is 3. The summed E-state index contributed by atoms with van der Waals surface area (Å²) < 4.78 is 37.4. The third-order valence-corrected chi connectivity index (χ3v) is 1.92. The van der Waals surface area contributed by atoms with Crippen LogP contribution in [0.3, 0.4) is 0 Å². The van der Waals surface area contributed by atoms with Crippen LogP contribution in [0.1, 0.15) is 21.5 Å². The van der Waals surface area contributed by atoms with Gasteiger partial charge in [0.2, 0.25) is 0 Å². The van der Waals surface area contributed by atoms with Crippen LogP contribution in [0.4, 0.5) is 13.2 Å². The molecule has 1 aromatic rings. The van der Waals surface area contributed by atoms with Crippen LogP contribution in [-0.2, 0) is 6.18 Å². The Morgan fingerprint density at radius 3 is 2.44 bits per heavy atom. The minimum absolute atomic E-state index is 0.0217. The monoisotopic (exact) mass is 227 g/mol. The summed E-state index contributed by atoms with van der Waals surface area (Å²) >= 11 is 0. The van der Waals surface area contributed by atoms with Gasteiger partial charge in [-0.25, -0.2) is 0 Å². The van der Waals surface area contributed by atoms with E-state index in [1.807, 2.05) is 0 Å². The molecule has 0 heterocycles. The number of hydrogen-bond donors (Lipinski definition) is 1. The number of halogens is 3. The lowest BCUT2D eigenvalue weighted by Crippen LogP contribution is -2.19. The van der Waals surface area contributed by atoms with E-state index in [0.717, 1.165) is 12.1 Å². The highest BCUT2D eigenvalue weighted by Crippen LogP contribution is 2.30. The molecule has 0 aromatic heterocycles. The maximum Gasteiger partial charge on any atom is 0.416 e. The van der Waals surface area contributed by atoms with Gasteiger partial charge in [-0.1, -0.05) is 5.92 Å². The number of hydrogen-bond acceptors (Lipinski definition) is 1. The van der Waals surface area contributed by atoms with Gasteiger partial charge in [0.15, 0.2) is 0 Å². The fraction of sp³-hybridized carbons (Fsp3) is 0.182. The Hall–Kier alpha value is -1.96. The minimum Gasteiger partial charge on any atom is -0.355 e. The lowest BCUT2D eigenvalue weighted by molar-refractivity contribution is -0.137. The molecule has 1 N–H and O–H groups in total. The minimum atomic E-state index is -4.52. The first-order valence-corrected chi connectivity index (χ1v) is 4.29. The van der Waals surface area contributed by atoms with Gasteiger partial charge in [0, 0.05) is 18.2 Å². The maximum atomic E-state index is 12.5. The van der Waals surface area contributed by atoms with E-state index in [9.17, 15) is 18.0 Å². The van der Waals surface area contributed by atoms with Crippen molar-refractivity contribution in [2.24, 2.45) is 0 Å². The highest BCUT2D eigenvalue weighted by atomic mass is 19.4. The molecule has 0 bridgehead atoms. The molecule has 0 atom stereocenters. The number of carbonyl (C=O) groups excluding carboxylic acids is 1. The number of rotatable bonds is 1. The van der Waals surface area contributed by atoms with Gasteiger partial charge in [0.25, 0.3) is 5.91 Å². The molecule has 0 radical (unpaired) electrons. The van der Waals surface area contributed by atoms with Crippen LogP contribution in [0, 0.1) is 12.3 Å². The van der Waals surface area contributed by atoms with Crippen molar-refractivity contribution in [1.82, 2.24) is 5.32 Å². The Balaban J connectivity index is 3.34. The molecule has 5 heteroatoms.